The van der Waals surface area contributed by atoms with Gasteiger partial charge in [0, 0.05) is 24.8 Å². The molecule has 1 aromatic carbocycles. The van der Waals surface area contributed by atoms with Crippen LogP contribution in [0.2, 0.25) is 0 Å². The summed E-state index contributed by atoms with van der Waals surface area (Å²) in [5, 5.41) is 3.41. The molecule has 0 spiro atoms. The number of ether oxygens (including phenoxy) is 1. The third-order valence-corrected chi connectivity index (χ3v) is 3.41. The van der Waals surface area contributed by atoms with Gasteiger partial charge in [-0.15, -0.1) is 0 Å². The summed E-state index contributed by atoms with van der Waals surface area (Å²) < 4.78 is 6.46. The van der Waals surface area contributed by atoms with Crippen molar-refractivity contribution in [2.24, 2.45) is 0 Å². The average molecular weight is 296 g/mol. The highest BCUT2D eigenvalue weighted by molar-refractivity contribution is 9.11. The molecule has 2 nitrogen and oxygen atoms in total. The van der Waals surface area contributed by atoms with E-state index in [-0.39, 0.29) is 0 Å². The highest BCUT2D eigenvalue weighted by Gasteiger charge is 2.17. The van der Waals surface area contributed by atoms with Crippen LogP contribution in [0.1, 0.15) is 24.3 Å². The maximum absolute atomic E-state index is 5.43. The Hall–Kier alpha value is -0.800. The summed E-state index contributed by atoms with van der Waals surface area (Å²) in [7, 11) is 0. The van der Waals surface area contributed by atoms with Gasteiger partial charge in [-0.05, 0) is 35.0 Å². The van der Waals surface area contributed by atoms with Gasteiger partial charge in [0.05, 0.1) is 6.61 Å². The molecule has 3 heteroatoms. The lowest BCUT2D eigenvalue weighted by molar-refractivity contribution is 0.194. The van der Waals surface area contributed by atoms with Gasteiger partial charge in [0.1, 0.15) is 0 Å². The van der Waals surface area contributed by atoms with Crippen molar-refractivity contribution in [3.63, 3.8) is 0 Å². The van der Waals surface area contributed by atoms with Crippen LogP contribution in [0.25, 0.3) is 0 Å². The minimum absolute atomic E-state index is 0.572. The van der Waals surface area contributed by atoms with E-state index < -0.39 is 0 Å². The third kappa shape index (κ3) is 3.86. The topological polar surface area (TPSA) is 21.3 Å². The van der Waals surface area contributed by atoms with Crippen LogP contribution in [-0.2, 0) is 4.74 Å². The Morgan fingerprint density at radius 3 is 3.12 bits per heavy atom. The maximum atomic E-state index is 5.43. The normalized spacial score (nSPS) is 19.2. The van der Waals surface area contributed by atoms with Crippen LogP contribution >= 0.6 is 15.9 Å². The summed E-state index contributed by atoms with van der Waals surface area (Å²) in [4.78, 5) is 0. The highest BCUT2D eigenvalue weighted by atomic mass is 79.9. The smallest absolute Gasteiger partial charge is 0.0535 e. The maximum Gasteiger partial charge on any atom is 0.0535 e. The van der Waals surface area contributed by atoms with Gasteiger partial charge < -0.3 is 10.1 Å². The Morgan fingerprint density at radius 1 is 1.53 bits per heavy atom. The summed E-state index contributed by atoms with van der Waals surface area (Å²) in [6.07, 6.45) is 2.08. The molecule has 1 aliphatic rings. The van der Waals surface area contributed by atoms with Crippen molar-refractivity contribution >= 4 is 21.6 Å². The van der Waals surface area contributed by atoms with Crippen molar-refractivity contribution < 1.29 is 4.74 Å². The SMILES string of the molecule is C=C(Br)CCNc1cccc(C2CCOC2)c1. The van der Waals surface area contributed by atoms with E-state index in [1.807, 2.05) is 0 Å². The highest BCUT2D eigenvalue weighted by Crippen LogP contribution is 2.26. The molecular weight excluding hydrogens is 278 g/mol. The fourth-order valence-electron chi connectivity index (χ4n) is 2.04. The van der Waals surface area contributed by atoms with Crippen LogP contribution < -0.4 is 5.32 Å². The van der Waals surface area contributed by atoms with Crippen LogP contribution in [-0.4, -0.2) is 19.8 Å². The first kappa shape index (κ1) is 12.7. The molecule has 0 radical (unpaired) electrons. The first-order valence-corrected chi connectivity index (χ1v) is 6.80. The minimum Gasteiger partial charge on any atom is -0.385 e. The van der Waals surface area contributed by atoms with Gasteiger partial charge >= 0.3 is 0 Å². The van der Waals surface area contributed by atoms with Crippen molar-refractivity contribution in [3.05, 3.63) is 40.9 Å². The van der Waals surface area contributed by atoms with Gasteiger partial charge in [-0.25, -0.2) is 0 Å². The molecule has 1 atom stereocenters. The van der Waals surface area contributed by atoms with E-state index in [9.17, 15) is 0 Å². The number of benzene rings is 1. The molecule has 1 aromatic rings. The molecule has 1 fully saturated rings. The molecule has 92 valence electrons. The molecule has 1 unspecified atom stereocenters. The van der Waals surface area contributed by atoms with Crippen molar-refractivity contribution in [1.82, 2.24) is 0 Å². The van der Waals surface area contributed by atoms with E-state index in [0.717, 1.165) is 37.1 Å². The van der Waals surface area contributed by atoms with Crippen molar-refractivity contribution in [1.29, 1.82) is 0 Å². The zero-order valence-electron chi connectivity index (χ0n) is 9.92. The molecule has 2 rings (SSSR count). The van der Waals surface area contributed by atoms with Crippen LogP contribution in [0.3, 0.4) is 0 Å². The number of anilines is 1. The van der Waals surface area contributed by atoms with Gasteiger partial charge in [0.25, 0.3) is 0 Å². The summed E-state index contributed by atoms with van der Waals surface area (Å²) in [6.45, 7) is 6.50. The van der Waals surface area contributed by atoms with Gasteiger partial charge in [-0.1, -0.05) is 34.6 Å². The molecule has 0 saturated carbocycles. The van der Waals surface area contributed by atoms with Gasteiger partial charge in [-0.2, -0.15) is 0 Å². The van der Waals surface area contributed by atoms with Crippen LogP contribution in [0.4, 0.5) is 5.69 Å². The molecule has 17 heavy (non-hydrogen) atoms. The van der Waals surface area contributed by atoms with Crippen LogP contribution in [0, 0.1) is 0 Å². The van der Waals surface area contributed by atoms with E-state index in [2.05, 4.69) is 52.1 Å². The van der Waals surface area contributed by atoms with Crippen LogP contribution in [0.15, 0.2) is 35.3 Å². The lowest BCUT2D eigenvalue weighted by Crippen LogP contribution is -2.03. The number of rotatable bonds is 5. The Bertz CT molecular complexity index is 386. The van der Waals surface area contributed by atoms with E-state index in [1.165, 1.54) is 11.3 Å². The second-order valence-corrected chi connectivity index (χ2v) is 5.50. The lowest BCUT2D eigenvalue weighted by Gasteiger charge is -2.11. The lowest BCUT2D eigenvalue weighted by atomic mass is 9.98. The van der Waals surface area contributed by atoms with Crippen molar-refractivity contribution in [2.45, 2.75) is 18.8 Å². The summed E-state index contributed by atoms with van der Waals surface area (Å²) in [5.74, 6) is 0.572. The number of hydrogen-bond donors (Lipinski definition) is 1. The number of hydrogen-bond acceptors (Lipinski definition) is 2. The molecular formula is C14H18BrNO. The fourth-order valence-corrected chi connectivity index (χ4v) is 2.24. The van der Waals surface area contributed by atoms with Gasteiger partial charge in [0.2, 0.25) is 0 Å². The van der Waals surface area contributed by atoms with Crippen molar-refractivity contribution in [3.8, 4) is 0 Å². The zero-order valence-corrected chi connectivity index (χ0v) is 11.5. The first-order chi connectivity index (χ1) is 8.25. The molecule has 1 aliphatic heterocycles. The quantitative estimate of drug-likeness (QED) is 0.889. The molecule has 0 aliphatic carbocycles. The molecule has 1 N–H and O–H groups in total. The second-order valence-electron chi connectivity index (χ2n) is 4.38. The second kappa shape index (κ2) is 6.22. The number of halogens is 1. The molecule has 0 aromatic heterocycles. The average Bonchev–Trinajstić information content (AvgIpc) is 2.82. The monoisotopic (exact) mass is 295 g/mol. The summed E-state index contributed by atoms with van der Waals surface area (Å²) in [5.41, 5.74) is 2.56. The standard InChI is InChI=1S/C14H18BrNO/c1-11(15)5-7-16-14-4-2-3-12(9-14)13-6-8-17-10-13/h2-4,9,13,16H,1,5-8,10H2. The summed E-state index contributed by atoms with van der Waals surface area (Å²) in [6, 6.07) is 8.64. The Kier molecular flexibility index (Phi) is 4.63. The van der Waals surface area contributed by atoms with Gasteiger partial charge in [0.15, 0.2) is 0 Å². The van der Waals surface area contributed by atoms with Crippen LogP contribution in [0.5, 0.6) is 0 Å². The molecule has 0 bridgehead atoms. The van der Waals surface area contributed by atoms with E-state index in [0.29, 0.717) is 5.92 Å². The predicted molar refractivity (Wildman–Crippen MR) is 75.8 cm³/mol. The van der Waals surface area contributed by atoms with E-state index in [1.54, 1.807) is 0 Å². The predicted octanol–water partition coefficient (Wildman–Crippen LogP) is 3.90. The zero-order chi connectivity index (χ0) is 12.1. The van der Waals surface area contributed by atoms with E-state index in [4.69, 9.17) is 4.74 Å². The fraction of sp³-hybridized carbons (Fsp3) is 0.429. The Labute approximate surface area is 111 Å². The van der Waals surface area contributed by atoms with Gasteiger partial charge in [-0.3, -0.25) is 0 Å². The largest absolute Gasteiger partial charge is 0.385 e. The molecule has 0 amide bonds. The molecule has 1 saturated heterocycles. The van der Waals surface area contributed by atoms with Crippen molar-refractivity contribution in [2.75, 3.05) is 25.1 Å². The Morgan fingerprint density at radius 2 is 2.41 bits per heavy atom. The summed E-state index contributed by atoms with van der Waals surface area (Å²) >= 11 is 3.37. The first-order valence-electron chi connectivity index (χ1n) is 6.00. The Balaban J connectivity index is 1.93. The number of nitrogens with one attached hydrogen (secondary N) is 1. The molecule has 1 heterocycles. The minimum atomic E-state index is 0.572. The third-order valence-electron chi connectivity index (χ3n) is 3.01. The van der Waals surface area contributed by atoms with E-state index >= 15 is 0 Å².